The summed E-state index contributed by atoms with van der Waals surface area (Å²) in [5.41, 5.74) is 6.07. The summed E-state index contributed by atoms with van der Waals surface area (Å²) in [6.07, 6.45) is 2.42. The summed E-state index contributed by atoms with van der Waals surface area (Å²) in [5.74, 6) is 0. The predicted molar refractivity (Wildman–Crippen MR) is 62.6 cm³/mol. The maximum Gasteiger partial charge on any atom is 0.103 e. The molecular formula is C12H14N4. The normalized spacial score (nSPS) is 14.6. The zero-order valence-corrected chi connectivity index (χ0v) is 9.22. The van der Waals surface area contributed by atoms with Gasteiger partial charge in [0.05, 0.1) is 17.8 Å². The smallest absolute Gasteiger partial charge is 0.103 e. The molecule has 0 fully saturated rings. The Morgan fingerprint density at radius 2 is 2.25 bits per heavy atom. The molecule has 4 heteroatoms. The SMILES string of the molecule is CC(N)(C#N)CCn1ncc2ccccc21. The molecule has 2 aromatic rings. The number of hydrogen-bond donors (Lipinski definition) is 1. The Morgan fingerprint density at radius 3 is 3.00 bits per heavy atom. The van der Waals surface area contributed by atoms with Crippen LogP contribution in [0.25, 0.3) is 10.9 Å². The van der Waals surface area contributed by atoms with Crippen molar-refractivity contribution in [2.45, 2.75) is 25.4 Å². The zero-order valence-electron chi connectivity index (χ0n) is 9.22. The van der Waals surface area contributed by atoms with Crippen molar-refractivity contribution in [2.75, 3.05) is 0 Å². The number of nitriles is 1. The molecule has 1 aromatic carbocycles. The van der Waals surface area contributed by atoms with E-state index in [0.29, 0.717) is 13.0 Å². The van der Waals surface area contributed by atoms with E-state index >= 15 is 0 Å². The molecule has 1 atom stereocenters. The number of benzene rings is 1. The van der Waals surface area contributed by atoms with Gasteiger partial charge in [0.25, 0.3) is 0 Å². The number of hydrogen-bond acceptors (Lipinski definition) is 3. The van der Waals surface area contributed by atoms with Crippen LogP contribution >= 0.6 is 0 Å². The molecule has 2 rings (SSSR count). The molecule has 0 aliphatic heterocycles. The molecule has 0 aliphatic rings. The topological polar surface area (TPSA) is 67.6 Å². The minimum Gasteiger partial charge on any atom is -0.314 e. The van der Waals surface area contributed by atoms with Crippen molar-refractivity contribution in [3.05, 3.63) is 30.5 Å². The van der Waals surface area contributed by atoms with Crippen LogP contribution in [0, 0.1) is 11.3 Å². The molecule has 0 saturated heterocycles. The number of nitrogens with zero attached hydrogens (tertiary/aromatic N) is 3. The molecule has 0 spiro atoms. The van der Waals surface area contributed by atoms with Gasteiger partial charge in [-0.25, -0.2) is 0 Å². The molecule has 1 unspecified atom stereocenters. The van der Waals surface area contributed by atoms with E-state index < -0.39 is 5.54 Å². The lowest BCUT2D eigenvalue weighted by Crippen LogP contribution is -2.35. The zero-order chi connectivity index (χ0) is 11.6. The first-order valence-electron chi connectivity index (χ1n) is 5.23. The second kappa shape index (κ2) is 3.95. The van der Waals surface area contributed by atoms with Gasteiger partial charge in [0.2, 0.25) is 0 Å². The molecule has 1 aromatic heterocycles. The number of fused-ring (bicyclic) bond motifs is 1. The fraction of sp³-hybridized carbons (Fsp3) is 0.333. The van der Waals surface area contributed by atoms with Crippen molar-refractivity contribution in [3.63, 3.8) is 0 Å². The largest absolute Gasteiger partial charge is 0.314 e. The van der Waals surface area contributed by atoms with E-state index in [0.717, 1.165) is 10.9 Å². The Morgan fingerprint density at radius 1 is 1.50 bits per heavy atom. The van der Waals surface area contributed by atoms with Gasteiger partial charge in [-0.2, -0.15) is 10.4 Å². The monoisotopic (exact) mass is 214 g/mol. The highest BCUT2D eigenvalue weighted by Gasteiger charge is 2.17. The van der Waals surface area contributed by atoms with Gasteiger partial charge in [-0.3, -0.25) is 4.68 Å². The summed E-state index contributed by atoms with van der Waals surface area (Å²) in [5, 5.41) is 14.2. The number of nitrogens with two attached hydrogens (primary N) is 1. The maximum absolute atomic E-state index is 8.83. The van der Waals surface area contributed by atoms with Crippen molar-refractivity contribution in [2.24, 2.45) is 5.73 Å². The van der Waals surface area contributed by atoms with Crippen LogP contribution in [0.2, 0.25) is 0 Å². The van der Waals surface area contributed by atoms with E-state index in [1.807, 2.05) is 35.1 Å². The number of para-hydroxylation sites is 1. The minimum atomic E-state index is -0.785. The van der Waals surface area contributed by atoms with Crippen LogP contribution < -0.4 is 5.73 Å². The Labute approximate surface area is 94.3 Å². The molecule has 0 amide bonds. The molecule has 0 bridgehead atoms. The Kier molecular flexibility index (Phi) is 2.63. The molecule has 4 nitrogen and oxygen atoms in total. The molecule has 0 aliphatic carbocycles. The van der Waals surface area contributed by atoms with E-state index in [-0.39, 0.29) is 0 Å². The van der Waals surface area contributed by atoms with Crippen LogP contribution in [0.5, 0.6) is 0 Å². The standard InChI is InChI=1S/C12H14N4/c1-12(14,9-13)6-7-16-11-5-3-2-4-10(11)8-15-16/h2-5,8H,6-7,14H2,1H3. The van der Waals surface area contributed by atoms with Crippen molar-refractivity contribution < 1.29 is 0 Å². The summed E-state index contributed by atoms with van der Waals surface area (Å²) in [7, 11) is 0. The number of aromatic nitrogens is 2. The van der Waals surface area contributed by atoms with Crippen LogP contribution in [0.4, 0.5) is 0 Å². The third kappa shape index (κ3) is 2.05. The van der Waals surface area contributed by atoms with Gasteiger partial charge >= 0.3 is 0 Å². The van der Waals surface area contributed by atoms with Crippen LogP contribution in [-0.2, 0) is 6.54 Å². The first-order chi connectivity index (χ1) is 7.62. The Bertz CT molecular complexity index is 533. The summed E-state index contributed by atoms with van der Waals surface area (Å²) < 4.78 is 1.89. The predicted octanol–water partition coefficient (Wildman–Crippen LogP) is 1.67. The third-order valence-corrected chi connectivity index (χ3v) is 2.65. The van der Waals surface area contributed by atoms with Crippen molar-refractivity contribution >= 4 is 10.9 Å². The van der Waals surface area contributed by atoms with Gasteiger partial charge in [-0.15, -0.1) is 0 Å². The highest BCUT2D eigenvalue weighted by molar-refractivity contribution is 5.78. The lowest BCUT2D eigenvalue weighted by molar-refractivity contribution is 0.474. The third-order valence-electron chi connectivity index (χ3n) is 2.65. The molecule has 0 saturated carbocycles. The van der Waals surface area contributed by atoms with E-state index in [1.165, 1.54) is 0 Å². The van der Waals surface area contributed by atoms with Crippen LogP contribution in [0.15, 0.2) is 30.5 Å². The van der Waals surface area contributed by atoms with Crippen LogP contribution in [-0.4, -0.2) is 15.3 Å². The second-order valence-corrected chi connectivity index (χ2v) is 4.21. The molecular weight excluding hydrogens is 200 g/mol. The average Bonchev–Trinajstić information content (AvgIpc) is 2.70. The average molecular weight is 214 g/mol. The van der Waals surface area contributed by atoms with Crippen LogP contribution in [0.1, 0.15) is 13.3 Å². The first-order valence-corrected chi connectivity index (χ1v) is 5.23. The molecule has 1 heterocycles. The highest BCUT2D eigenvalue weighted by atomic mass is 15.3. The van der Waals surface area contributed by atoms with Crippen molar-refractivity contribution in [1.82, 2.24) is 9.78 Å². The van der Waals surface area contributed by atoms with E-state index in [2.05, 4.69) is 11.2 Å². The number of rotatable bonds is 3. The molecule has 0 radical (unpaired) electrons. The molecule has 82 valence electrons. The Balaban J connectivity index is 2.20. The first kappa shape index (κ1) is 10.7. The molecule has 16 heavy (non-hydrogen) atoms. The van der Waals surface area contributed by atoms with E-state index in [1.54, 1.807) is 6.92 Å². The summed E-state index contributed by atoms with van der Waals surface area (Å²) in [4.78, 5) is 0. The highest BCUT2D eigenvalue weighted by Crippen LogP contribution is 2.14. The van der Waals surface area contributed by atoms with Crippen molar-refractivity contribution in [1.29, 1.82) is 5.26 Å². The van der Waals surface area contributed by atoms with Crippen molar-refractivity contribution in [3.8, 4) is 6.07 Å². The summed E-state index contributed by atoms with van der Waals surface area (Å²) >= 11 is 0. The quantitative estimate of drug-likeness (QED) is 0.845. The van der Waals surface area contributed by atoms with Gasteiger partial charge in [-0.1, -0.05) is 18.2 Å². The number of aryl methyl sites for hydroxylation is 1. The van der Waals surface area contributed by atoms with Gasteiger partial charge in [0.15, 0.2) is 0 Å². The summed E-state index contributed by atoms with van der Waals surface area (Å²) in [6, 6.07) is 10.1. The minimum absolute atomic E-state index is 0.592. The fourth-order valence-electron chi connectivity index (χ4n) is 1.60. The lowest BCUT2D eigenvalue weighted by Gasteiger charge is -2.14. The maximum atomic E-state index is 8.83. The van der Waals surface area contributed by atoms with Gasteiger partial charge < -0.3 is 5.73 Å². The van der Waals surface area contributed by atoms with Gasteiger partial charge in [0.1, 0.15) is 5.54 Å². The molecule has 2 N–H and O–H groups in total. The fourth-order valence-corrected chi connectivity index (χ4v) is 1.60. The Hall–Kier alpha value is -1.86. The van der Waals surface area contributed by atoms with E-state index in [4.69, 9.17) is 11.0 Å². The van der Waals surface area contributed by atoms with Gasteiger partial charge in [0, 0.05) is 11.9 Å². The second-order valence-electron chi connectivity index (χ2n) is 4.21. The lowest BCUT2D eigenvalue weighted by atomic mass is 10.0. The van der Waals surface area contributed by atoms with Gasteiger partial charge in [-0.05, 0) is 19.4 Å². The summed E-state index contributed by atoms with van der Waals surface area (Å²) in [6.45, 7) is 2.40. The van der Waals surface area contributed by atoms with E-state index in [9.17, 15) is 0 Å². The van der Waals surface area contributed by atoms with Crippen LogP contribution in [0.3, 0.4) is 0 Å².